The van der Waals surface area contributed by atoms with Gasteiger partial charge in [0, 0.05) is 39.8 Å². The predicted molar refractivity (Wildman–Crippen MR) is 94.0 cm³/mol. The molecule has 0 saturated heterocycles. The van der Waals surface area contributed by atoms with Crippen LogP contribution in [0.4, 0.5) is 0 Å². The van der Waals surface area contributed by atoms with Gasteiger partial charge in [-0.15, -0.1) is 11.3 Å². The first kappa shape index (κ1) is 17.2. The van der Waals surface area contributed by atoms with Crippen LogP contribution in [0.25, 0.3) is 0 Å². The van der Waals surface area contributed by atoms with Gasteiger partial charge in [-0.25, -0.2) is 0 Å². The third-order valence-corrected chi connectivity index (χ3v) is 5.14. The number of carbonyl (C=O) groups is 1. The third-order valence-electron chi connectivity index (χ3n) is 3.19. The van der Waals surface area contributed by atoms with Gasteiger partial charge in [0.2, 0.25) is 0 Å². The van der Waals surface area contributed by atoms with Crippen molar-refractivity contribution >= 4 is 39.6 Å². The van der Waals surface area contributed by atoms with Crippen molar-refractivity contribution in [2.75, 3.05) is 12.8 Å². The molecule has 2 rings (SSSR count). The number of halogens is 1. The molecule has 1 aromatic heterocycles. The molecule has 3 nitrogen and oxygen atoms in total. The van der Waals surface area contributed by atoms with Crippen LogP contribution in [0, 0.1) is 0 Å². The second kappa shape index (κ2) is 7.90. The highest BCUT2D eigenvalue weighted by Gasteiger charge is 2.16. The summed E-state index contributed by atoms with van der Waals surface area (Å²) in [6.45, 7) is 3.13. The van der Waals surface area contributed by atoms with Crippen LogP contribution in [0.1, 0.15) is 27.7 Å². The Hall–Kier alpha value is -1.17. The number of hydrogen-bond donors (Lipinski definition) is 0. The van der Waals surface area contributed by atoms with Gasteiger partial charge in [0.1, 0.15) is 0 Å². The first-order valence-corrected chi connectivity index (χ1v) is 9.84. The summed E-state index contributed by atoms with van der Waals surface area (Å²) in [5.41, 5.74) is 1.55. The van der Waals surface area contributed by atoms with E-state index < -0.39 is 10.8 Å². The minimum Gasteiger partial charge on any atom is -0.334 e. The molecule has 0 radical (unpaired) electrons. The van der Waals surface area contributed by atoms with Crippen molar-refractivity contribution in [3.63, 3.8) is 0 Å². The van der Waals surface area contributed by atoms with E-state index in [-0.39, 0.29) is 5.91 Å². The third kappa shape index (κ3) is 4.66. The molecule has 22 heavy (non-hydrogen) atoms. The topological polar surface area (TPSA) is 37.4 Å². The Morgan fingerprint density at radius 3 is 2.68 bits per heavy atom. The first-order valence-electron chi connectivity index (χ1n) is 6.92. The fourth-order valence-corrected chi connectivity index (χ4v) is 3.92. The number of amides is 1. The quantitative estimate of drug-likeness (QED) is 0.787. The number of hydrogen-bond acceptors (Lipinski definition) is 3. The zero-order chi connectivity index (χ0) is 16.1. The summed E-state index contributed by atoms with van der Waals surface area (Å²) in [6, 6.07) is 11.2. The Kier molecular flexibility index (Phi) is 6.17. The van der Waals surface area contributed by atoms with E-state index in [2.05, 4.69) is 0 Å². The van der Waals surface area contributed by atoms with Crippen LogP contribution in [0.2, 0.25) is 4.34 Å². The highest BCUT2D eigenvalue weighted by molar-refractivity contribution is 7.83. The summed E-state index contributed by atoms with van der Waals surface area (Å²) >= 11 is 7.43. The molecule has 0 fully saturated rings. The molecule has 0 aliphatic rings. The monoisotopic (exact) mass is 355 g/mol. The molecule has 0 saturated carbocycles. The number of carbonyl (C=O) groups excluding carboxylic acids is 1. The molecule has 6 heteroatoms. The van der Waals surface area contributed by atoms with E-state index >= 15 is 0 Å². The van der Waals surface area contributed by atoms with Crippen molar-refractivity contribution < 1.29 is 9.00 Å². The highest BCUT2D eigenvalue weighted by Crippen LogP contribution is 2.23. The maximum absolute atomic E-state index is 12.6. The summed E-state index contributed by atoms with van der Waals surface area (Å²) in [4.78, 5) is 15.5. The average molecular weight is 356 g/mol. The molecule has 1 amide bonds. The van der Waals surface area contributed by atoms with Crippen LogP contribution in [0.3, 0.4) is 0 Å². The summed E-state index contributed by atoms with van der Waals surface area (Å²) in [5.74, 6) is 0.448. The largest absolute Gasteiger partial charge is 0.334 e. The standard InChI is InChI=1S/C16H18ClNO2S2/c1-3-18(10-14-7-8-15(17)21-14)16(19)13-6-4-5-12(9-13)11-22(2)20/h4-9H,3,10-11H2,1-2H3. The zero-order valence-electron chi connectivity index (χ0n) is 12.5. The molecule has 0 N–H and O–H groups in total. The molecule has 0 aliphatic heterocycles. The Bertz CT molecular complexity index is 684. The lowest BCUT2D eigenvalue weighted by Gasteiger charge is -2.20. The van der Waals surface area contributed by atoms with E-state index in [0.29, 0.717) is 24.4 Å². The van der Waals surface area contributed by atoms with E-state index in [0.717, 1.165) is 14.8 Å². The van der Waals surface area contributed by atoms with Gasteiger partial charge in [0.15, 0.2) is 0 Å². The molecule has 118 valence electrons. The van der Waals surface area contributed by atoms with Gasteiger partial charge < -0.3 is 4.90 Å². The molecular weight excluding hydrogens is 338 g/mol. The van der Waals surface area contributed by atoms with Gasteiger partial charge in [-0.3, -0.25) is 9.00 Å². The van der Waals surface area contributed by atoms with Crippen molar-refractivity contribution in [1.29, 1.82) is 0 Å². The van der Waals surface area contributed by atoms with Crippen LogP contribution in [0.15, 0.2) is 36.4 Å². The van der Waals surface area contributed by atoms with Crippen molar-refractivity contribution in [3.8, 4) is 0 Å². The second-order valence-corrected chi connectivity index (χ2v) is 8.18. The molecule has 0 aliphatic carbocycles. The number of nitrogens with zero attached hydrogens (tertiary/aromatic N) is 1. The Morgan fingerprint density at radius 2 is 2.09 bits per heavy atom. The van der Waals surface area contributed by atoms with Crippen molar-refractivity contribution in [3.05, 3.63) is 56.7 Å². The van der Waals surface area contributed by atoms with E-state index in [1.807, 2.05) is 37.3 Å². The predicted octanol–water partition coefficient (Wildman–Crippen LogP) is 3.94. The molecule has 0 bridgehead atoms. The van der Waals surface area contributed by atoms with Crippen LogP contribution in [0.5, 0.6) is 0 Å². The van der Waals surface area contributed by atoms with E-state index in [1.54, 1.807) is 17.2 Å². The van der Waals surface area contributed by atoms with Crippen molar-refractivity contribution in [2.24, 2.45) is 0 Å². The normalized spacial score (nSPS) is 12.1. The molecule has 1 aromatic carbocycles. The smallest absolute Gasteiger partial charge is 0.254 e. The van der Waals surface area contributed by atoms with Crippen molar-refractivity contribution in [2.45, 2.75) is 19.2 Å². The Balaban J connectivity index is 2.15. The van der Waals surface area contributed by atoms with Gasteiger partial charge in [-0.1, -0.05) is 23.7 Å². The molecule has 1 heterocycles. The summed E-state index contributed by atoms with van der Waals surface area (Å²) in [5, 5.41) is 0. The fourth-order valence-electron chi connectivity index (χ4n) is 2.16. The van der Waals surface area contributed by atoms with Crippen LogP contribution in [-0.2, 0) is 23.1 Å². The first-order chi connectivity index (χ1) is 10.5. The number of rotatable bonds is 6. The molecule has 2 aromatic rings. The fraction of sp³-hybridized carbons (Fsp3) is 0.312. The van der Waals surface area contributed by atoms with Gasteiger partial charge >= 0.3 is 0 Å². The number of thiophene rings is 1. The van der Waals surface area contributed by atoms with Crippen LogP contribution >= 0.6 is 22.9 Å². The summed E-state index contributed by atoms with van der Waals surface area (Å²) in [7, 11) is -0.917. The number of benzene rings is 1. The maximum atomic E-state index is 12.6. The second-order valence-electron chi connectivity index (χ2n) is 4.94. The van der Waals surface area contributed by atoms with Crippen LogP contribution in [-0.4, -0.2) is 27.8 Å². The van der Waals surface area contributed by atoms with E-state index in [4.69, 9.17) is 11.6 Å². The Labute approximate surface area is 142 Å². The molecule has 0 spiro atoms. The lowest BCUT2D eigenvalue weighted by molar-refractivity contribution is 0.0754. The maximum Gasteiger partial charge on any atom is 0.254 e. The lowest BCUT2D eigenvalue weighted by Crippen LogP contribution is -2.30. The lowest BCUT2D eigenvalue weighted by atomic mass is 10.1. The van der Waals surface area contributed by atoms with Gasteiger partial charge in [-0.2, -0.15) is 0 Å². The van der Waals surface area contributed by atoms with Crippen LogP contribution < -0.4 is 0 Å². The highest BCUT2D eigenvalue weighted by atomic mass is 35.5. The summed E-state index contributed by atoms with van der Waals surface area (Å²) < 4.78 is 12.1. The Morgan fingerprint density at radius 1 is 1.32 bits per heavy atom. The average Bonchev–Trinajstić information content (AvgIpc) is 2.89. The summed E-state index contributed by atoms with van der Waals surface area (Å²) in [6.07, 6.45) is 1.66. The molecular formula is C16H18ClNO2S2. The minimum atomic E-state index is -0.917. The minimum absolute atomic E-state index is 0.0178. The van der Waals surface area contributed by atoms with Crippen molar-refractivity contribution in [1.82, 2.24) is 4.90 Å². The zero-order valence-corrected chi connectivity index (χ0v) is 14.9. The van der Waals surface area contributed by atoms with E-state index in [1.165, 1.54) is 11.3 Å². The van der Waals surface area contributed by atoms with E-state index in [9.17, 15) is 9.00 Å². The van der Waals surface area contributed by atoms with Gasteiger partial charge in [0.05, 0.1) is 10.9 Å². The molecule has 1 atom stereocenters. The SMILES string of the molecule is CCN(Cc1ccc(Cl)s1)C(=O)c1cccc(CS(C)=O)c1. The van der Waals surface area contributed by atoms with Gasteiger partial charge in [0.25, 0.3) is 5.91 Å². The molecule has 1 unspecified atom stereocenters. The van der Waals surface area contributed by atoms with Gasteiger partial charge in [-0.05, 0) is 36.8 Å².